The third-order valence-corrected chi connectivity index (χ3v) is 3.92. The fourth-order valence-electron chi connectivity index (χ4n) is 2.68. The molecule has 1 N–H and O–H groups in total. The van der Waals surface area contributed by atoms with Gasteiger partial charge in [0.2, 0.25) is 0 Å². The Labute approximate surface area is 124 Å². The van der Waals surface area contributed by atoms with Crippen LogP contribution in [0.25, 0.3) is 0 Å². The first-order valence-electron chi connectivity index (χ1n) is 7.48. The highest BCUT2D eigenvalue weighted by Crippen LogP contribution is 2.28. The summed E-state index contributed by atoms with van der Waals surface area (Å²) in [6, 6.07) is 2.39. The fourth-order valence-corrected chi connectivity index (χ4v) is 2.68. The quantitative estimate of drug-likeness (QED) is 0.801. The lowest BCUT2D eigenvalue weighted by Gasteiger charge is -2.29. The number of nitriles is 1. The molecule has 0 spiro atoms. The summed E-state index contributed by atoms with van der Waals surface area (Å²) in [5, 5.41) is 17.5. The zero-order chi connectivity index (χ0) is 15.2. The molecule has 1 saturated carbocycles. The number of aliphatic carboxylic acids is 1. The molecule has 1 aliphatic heterocycles. The van der Waals surface area contributed by atoms with Gasteiger partial charge in [-0.1, -0.05) is 0 Å². The van der Waals surface area contributed by atoms with Crippen LogP contribution < -0.4 is 0 Å². The van der Waals surface area contributed by atoms with Gasteiger partial charge in [0.1, 0.15) is 0 Å². The molecular formula is C14H22N4O3. The van der Waals surface area contributed by atoms with E-state index in [1.54, 1.807) is 4.90 Å². The van der Waals surface area contributed by atoms with Crippen LogP contribution in [0.2, 0.25) is 0 Å². The number of carbonyl (C=O) groups is 2. The lowest BCUT2D eigenvalue weighted by atomic mass is 10.3. The molecule has 2 fully saturated rings. The van der Waals surface area contributed by atoms with Crippen molar-refractivity contribution < 1.29 is 14.7 Å². The van der Waals surface area contributed by atoms with Crippen molar-refractivity contribution in [2.24, 2.45) is 0 Å². The van der Waals surface area contributed by atoms with Gasteiger partial charge >= 0.3 is 12.0 Å². The van der Waals surface area contributed by atoms with Gasteiger partial charge in [0.15, 0.2) is 0 Å². The van der Waals surface area contributed by atoms with E-state index in [1.165, 1.54) is 0 Å². The Kier molecular flexibility index (Phi) is 5.39. The first kappa shape index (κ1) is 15.6. The highest BCUT2D eigenvalue weighted by atomic mass is 16.4. The molecule has 0 bridgehead atoms. The Bertz CT molecular complexity index is 430. The lowest BCUT2D eigenvalue weighted by Crippen LogP contribution is -2.46. The smallest absolute Gasteiger partial charge is 0.320 e. The first-order valence-corrected chi connectivity index (χ1v) is 7.48. The molecule has 0 aromatic rings. The topological polar surface area (TPSA) is 87.9 Å². The van der Waals surface area contributed by atoms with E-state index in [0.29, 0.717) is 45.2 Å². The van der Waals surface area contributed by atoms with Crippen LogP contribution in [0.4, 0.5) is 4.79 Å². The second-order valence-electron chi connectivity index (χ2n) is 5.63. The first-order chi connectivity index (χ1) is 10.1. The molecule has 1 aliphatic carbocycles. The number of carboxylic acids is 1. The Morgan fingerprint density at radius 1 is 1.24 bits per heavy atom. The van der Waals surface area contributed by atoms with Gasteiger partial charge in [0.05, 0.1) is 19.0 Å². The van der Waals surface area contributed by atoms with E-state index < -0.39 is 5.97 Å². The molecule has 0 aromatic heterocycles. The van der Waals surface area contributed by atoms with E-state index in [1.807, 2.05) is 9.80 Å². The van der Waals surface area contributed by atoms with Crippen LogP contribution in [0, 0.1) is 11.3 Å². The zero-order valence-electron chi connectivity index (χ0n) is 12.2. The molecule has 2 aliphatic rings. The second-order valence-corrected chi connectivity index (χ2v) is 5.63. The fraction of sp³-hybridized carbons (Fsp3) is 0.786. The summed E-state index contributed by atoms with van der Waals surface area (Å²) >= 11 is 0. The SMILES string of the molecule is N#CCCN(C(=O)N1CCCN(CC(=O)O)CC1)C1CC1. The molecule has 116 valence electrons. The van der Waals surface area contributed by atoms with Crippen molar-refractivity contribution in [2.75, 3.05) is 39.3 Å². The van der Waals surface area contributed by atoms with Crippen molar-refractivity contribution >= 4 is 12.0 Å². The molecule has 2 amide bonds. The van der Waals surface area contributed by atoms with Crippen LogP contribution in [0.3, 0.4) is 0 Å². The van der Waals surface area contributed by atoms with Crippen LogP contribution >= 0.6 is 0 Å². The van der Waals surface area contributed by atoms with Gasteiger partial charge in [-0.25, -0.2) is 4.79 Å². The van der Waals surface area contributed by atoms with Crippen molar-refractivity contribution in [1.29, 1.82) is 5.26 Å². The zero-order valence-corrected chi connectivity index (χ0v) is 12.2. The largest absolute Gasteiger partial charge is 0.480 e. The summed E-state index contributed by atoms with van der Waals surface area (Å²) in [6.07, 6.45) is 3.20. The number of amides is 2. The maximum absolute atomic E-state index is 12.6. The van der Waals surface area contributed by atoms with Gasteiger partial charge in [-0.15, -0.1) is 0 Å². The third kappa shape index (κ3) is 4.60. The number of carbonyl (C=O) groups excluding carboxylic acids is 1. The van der Waals surface area contributed by atoms with E-state index in [0.717, 1.165) is 19.3 Å². The molecule has 1 heterocycles. The van der Waals surface area contributed by atoms with Crippen molar-refractivity contribution in [3.63, 3.8) is 0 Å². The average Bonchev–Trinajstić information content (AvgIpc) is 3.26. The van der Waals surface area contributed by atoms with E-state index in [-0.39, 0.29) is 12.6 Å². The minimum atomic E-state index is -0.830. The maximum Gasteiger partial charge on any atom is 0.320 e. The van der Waals surface area contributed by atoms with Crippen molar-refractivity contribution in [2.45, 2.75) is 31.7 Å². The molecule has 1 saturated heterocycles. The number of urea groups is 1. The number of carboxylic acid groups (broad SMARTS) is 1. The van der Waals surface area contributed by atoms with Gasteiger partial charge in [0, 0.05) is 38.8 Å². The molecule has 2 rings (SSSR count). The molecule has 0 atom stereocenters. The summed E-state index contributed by atoms with van der Waals surface area (Å²) < 4.78 is 0. The Hall–Kier alpha value is -1.81. The number of nitrogens with zero attached hydrogens (tertiary/aromatic N) is 4. The van der Waals surface area contributed by atoms with Crippen molar-refractivity contribution in [1.82, 2.24) is 14.7 Å². The molecule has 7 heteroatoms. The highest BCUT2D eigenvalue weighted by molar-refractivity contribution is 5.75. The number of rotatable bonds is 5. The molecule has 0 aromatic carbocycles. The third-order valence-electron chi connectivity index (χ3n) is 3.92. The second kappa shape index (κ2) is 7.27. The molecule has 0 unspecified atom stereocenters. The Morgan fingerprint density at radius 2 is 2.00 bits per heavy atom. The summed E-state index contributed by atoms with van der Waals surface area (Å²) in [5.74, 6) is -0.830. The van der Waals surface area contributed by atoms with Gasteiger partial charge in [-0.05, 0) is 19.3 Å². The van der Waals surface area contributed by atoms with Crippen LogP contribution in [0.5, 0.6) is 0 Å². The standard InChI is InChI=1S/C14H22N4O3/c15-5-1-8-18(12-3-4-12)14(21)17-7-2-6-16(9-10-17)11-13(19)20/h12H,1-4,6-11H2,(H,19,20). The average molecular weight is 294 g/mol. The predicted molar refractivity (Wildman–Crippen MR) is 75.6 cm³/mol. The highest BCUT2D eigenvalue weighted by Gasteiger charge is 2.35. The molecular weight excluding hydrogens is 272 g/mol. The van der Waals surface area contributed by atoms with Gasteiger partial charge in [-0.2, -0.15) is 5.26 Å². The van der Waals surface area contributed by atoms with Crippen LogP contribution in [0.1, 0.15) is 25.7 Å². The van der Waals surface area contributed by atoms with Crippen LogP contribution in [-0.4, -0.2) is 77.1 Å². The number of hydrogen-bond donors (Lipinski definition) is 1. The Balaban J connectivity index is 1.89. The summed E-state index contributed by atoms with van der Waals surface area (Å²) in [4.78, 5) is 28.8. The summed E-state index contributed by atoms with van der Waals surface area (Å²) in [5.41, 5.74) is 0. The number of hydrogen-bond acceptors (Lipinski definition) is 4. The lowest BCUT2D eigenvalue weighted by molar-refractivity contribution is -0.138. The van der Waals surface area contributed by atoms with E-state index >= 15 is 0 Å². The minimum Gasteiger partial charge on any atom is -0.480 e. The van der Waals surface area contributed by atoms with Gasteiger partial charge < -0.3 is 14.9 Å². The molecule has 7 nitrogen and oxygen atoms in total. The summed E-state index contributed by atoms with van der Waals surface area (Å²) in [7, 11) is 0. The van der Waals surface area contributed by atoms with Gasteiger partial charge in [-0.3, -0.25) is 9.69 Å². The monoisotopic (exact) mass is 294 g/mol. The van der Waals surface area contributed by atoms with Gasteiger partial charge in [0.25, 0.3) is 0 Å². The van der Waals surface area contributed by atoms with Crippen LogP contribution in [-0.2, 0) is 4.79 Å². The predicted octanol–water partition coefficient (Wildman–Crippen LogP) is 0.577. The minimum absolute atomic E-state index is 0.00456. The van der Waals surface area contributed by atoms with Crippen molar-refractivity contribution in [3.05, 3.63) is 0 Å². The Morgan fingerprint density at radius 3 is 2.62 bits per heavy atom. The van der Waals surface area contributed by atoms with Crippen molar-refractivity contribution in [3.8, 4) is 6.07 Å². The maximum atomic E-state index is 12.6. The van der Waals surface area contributed by atoms with E-state index in [2.05, 4.69) is 6.07 Å². The molecule has 0 radical (unpaired) electrons. The van der Waals surface area contributed by atoms with Crippen LogP contribution in [0.15, 0.2) is 0 Å². The van der Waals surface area contributed by atoms with E-state index in [4.69, 9.17) is 10.4 Å². The molecule has 21 heavy (non-hydrogen) atoms. The summed E-state index contributed by atoms with van der Waals surface area (Å²) in [6.45, 7) is 3.04. The normalized spacial score (nSPS) is 19.7. The van der Waals surface area contributed by atoms with E-state index in [9.17, 15) is 9.59 Å².